The van der Waals surface area contributed by atoms with Gasteiger partial charge < -0.3 is 4.90 Å². The van der Waals surface area contributed by atoms with E-state index in [1.807, 2.05) is 32.3 Å². The summed E-state index contributed by atoms with van der Waals surface area (Å²) in [6, 6.07) is 10.2. The lowest BCUT2D eigenvalue weighted by Gasteiger charge is -2.11. The normalized spacial score (nSPS) is 10.3. The van der Waals surface area contributed by atoms with Crippen molar-refractivity contribution in [2.45, 2.75) is 10.8 Å². The molecule has 0 atom stereocenters. The molecule has 0 fully saturated rings. The molecule has 2 aromatic rings. The van der Waals surface area contributed by atoms with Gasteiger partial charge in [-0.1, -0.05) is 42.1 Å². The van der Waals surface area contributed by atoms with Crippen molar-refractivity contribution in [1.82, 2.24) is 20.3 Å². The quantitative estimate of drug-likeness (QED) is 0.501. The van der Waals surface area contributed by atoms with E-state index in [2.05, 4.69) is 27.5 Å². The number of nitrogens with zero attached hydrogens (tertiary/aromatic N) is 3. The maximum atomic E-state index is 7.92. The van der Waals surface area contributed by atoms with E-state index in [0.717, 1.165) is 10.8 Å². The van der Waals surface area contributed by atoms with E-state index in [1.165, 1.54) is 5.56 Å². The van der Waals surface area contributed by atoms with Crippen LogP contribution < -0.4 is 0 Å². The Kier molecular flexibility index (Phi) is 3.99. The standard InChI is InChI=1S/C12H15N5S/c1-17(2)11(13)10-12(15-16-14-10)18-8-9-6-4-3-5-7-9/h3-7,13H,8H2,1-2H3,(H,14,15,16). The summed E-state index contributed by atoms with van der Waals surface area (Å²) in [6.45, 7) is 0. The van der Waals surface area contributed by atoms with Crippen LogP contribution in [0, 0.1) is 5.41 Å². The molecule has 0 aliphatic rings. The second-order valence-corrected chi connectivity index (χ2v) is 4.96. The van der Waals surface area contributed by atoms with Gasteiger partial charge in [-0.05, 0) is 5.56 Å². The van der Waals surface area contributed by atoms with Gasteiger partial charge in [0.15, 0.2) is 11.5 Å². The highest BCUT2D eigenvalue weighted by Gasteiger charge is 2.14. The maximum Gasteiger partial charge on any atom is 0.161 e. The third kappa shape index (κ3) is 2.89. The van der Waals surface area contributed by atoms with Gasteiger partial charge in [0.1, 0.15) is 5.03 Å². The van der Waals surface area contributed by atoms with Crippen molar-refractivity contribution in [3.63, 3.8) is 0 Å². The Morgan fingerprint density at radius 3 is 2.67 bits per heavy atom. The zero-order valence-corrected chi connectivity index (χ0v) is 11.2. The topological polar surface area (TPSA) is 68.7 Å². The Balaban J connectivity index is 2.07. The lowest BCUT2D eigenvalue weighted by molar-refractivity contribution is 0.615. The van der Waals surface area contributed by atoms with Gasteiger partial charge in [0.05, 0.1) is 0 Å². The van der Waals surface area contributed by atoms with Gasteiger partial charge in [-0.25, -0.2) is 0 Å². The summed E-state index contributed by atoms with van der Waals surface area (Å²) < 4.78 is 0. The number of nitrogens with one attached hydrogen (secondary N) is 2. The van der Waals surface area contributed by atoms with E-state index in [-0.39, 0.29) is 0 Å². The van der Waals surface area contributed by atoms with E-state index in [1.54, 1.807) is 16.7 Å². The second-order valence-electron chi connectivity index (χ2n) is 3.99. The number of hydrogen-bond acceptors (Lipinski definition) is 4. The number of aromatic amines is 1. The summed E-state index contributed by atoms with van der Waals surface area (Å²) in [5.74, 6) is 1.18. The number of hydrogen-bond donors (Lipinski definition) is 2. The molecule has 1 heterocycles. The molecule has 6 heteroatoms. The largest absolute Gasteiger partial charge is 0.361 e. The summed E-state index contributed by atoms with van der Waals surface area (Å²) >= 11 is 1.58. The first-order valence-electron chi connectivity index (χ1n) is 5.52. The Hall–Kier alpha value is -1.82. The van der Waals surface area contributed by atoms with Crippen LogP contribution in [0.2, 0.25) is 0 Å². The highest BCUT2D eigenvalue weighted by atomic mass is 32.2. The minimum atomic E-state index is 0.360. The average molecular weight is 261 g/mol. The first-order valence-corrected chi connectivity index (χ1v) is 6.51. The maximum absolute atomic E-state index is 7.92. The van der Waals surface area contributed by atoms with Crippen LogP contribution >= 0.6 is 11.8 Å². The van der Waals surface area contributed by atoms with Crippen LogP contribution in [0.4, 0.5) is 0 Å². The fourth-order valence-corrected chi connectivity index (χ4v) is 2.29. The summed E-state index contributed by atoms with van der Waals surface area (Å²) in [6.07, 6.45) is 0. The van der Waals surface area contributed by atoms with Crippen molar-refractivity contribution in [2.75, 3.05) is 14.1 Å². The number of rotatable bonds is 4. The van der Waals surface area contributed by atoms with Gasteiger partial charge in [0.2, 0.25) is 0 Å². The zero-order valence-electron chi connectivity index (χ0n) is 10.3. The van der Waals surface area contributed by atoms with Gasteiger partial charge in [0, 0.05) is 19.8 Å². The fraction of sp³-hybridized carbons (Fsp3) is 0.250. The van der Waals surface area contributed by atoms with Crippen molar-refractivity contribution in [3.05, 3.63) is 41.6 Å². The van der Waals surface area contributed by atoms with Gasteiger partial charge >= 0.3 is 0 Å². The molecule has 0 aliphatic heterocycles. The first-order chi connectivity index (χ1) is 8.68. The van der Waals surface area contributed by atoms with Gasteiger partial charge in [-0.15, -0.1) is 5.10 Å². The molecular formula is C12H15N5S. The molecule has 0 bridgehead atoms. The van der Waals surface area contributed by atoms with E-state index >= 15 is 0 Å². The van der Waals surface area contributed by atoms with Gasteiger partial charge in [-0.2, -0.15) is 10.3 Å². The van der Waals surface area contributed by atoms with Crippen LogP contribution in [-0.4, -0.2) is 40.2 Å². The van der Waals surface area contributed by atoms with E-state index in [9.17, 15) is 0 Å². The lowest BCUT2D eigenvalue weighted by Crippen LogP contribution is -2.22. The monoisotopic (exact) mass is 261 g/mol. The molecule has 0 saturated heterocycles. The molecule has 2 rings (SSSR count). The average Bonchev–Trinajstić information content (AvgIpc) is 2.84. The number of amidine groups is 1. The highest BCUT2D eigenvalue weighted by molar-refractivity contribution is 7.98. The van der Waals surface area contributed by atoms with E-state index < -0.39 is 0 Å². The lowest BCUT2D eigenvalue weighted by atomic mass is 10.2. The molecule has 0 spiro atoms. The molecular weight excluding hydrogens is 246 g/mol. The van der Waals surface area contributed by atoms with Crippen molar-refractivity contribution in [3.8, 4) is 0 Å². The van der Waals surface area contributed by atoms with Crippen molar-refractivity contribution in [1.29, 1.82) is 5.41 Å². The Morgan fingerprint density at radius 1 is 1.28 bits per heavy atom. The molecule has 1 aromatic heterocycles. The molecule has 0 amide bonds. The van der Waals surface area contributed by atoms with Crippen LogP contribution in [0.25, 0.3) is 0 Å². The smallest absolute Gasteiger partial charge is 0.161 e. The van der Waals surface area contributed by atoms with Crippen LogP contribution in [0.1, 0.15) is 11.3 Å². The number of aromatic nitrogens is 3. The molecule has 0 radical (unpaired) electrons. The third-order valence-corrected chi connectivity index (χ3v) is 3.44. The number of H-pyrrole nitrogens is 1. The van der Waals surface area contributed by atoms with Gasteiger partial charge in [-0.3, -0.25) is 5.41 Å². The summed E-state index contributed by atoms with van der Waals surface area (Å²) in [5.41, 5.74) is 1.83. The molecule has 0 unspecified atom stereocenters. The minimum Gasteiger partial charge on any atom is -0.361 e. The van der Waals surface area contributed by atoms with Crippen molar-refractivity contribution in [2.24, 2.45) is 0 Å². The predicted octanol–water partition coefficient (Wildman–Crippen LogP) is 1.98. The van der Waals surface area contributed by atoms with Crippen LogP contribution in [0.3, 0.4) is 0 Å². The Bertz CT molecular complexity index is 520. The summed E-state index contributed by atoms with van der Waals surface area (Å²) in [5, 5.41) is 19.4. The van der Waals surface area contributed by atoms with Crippen LogP contribution in [0.5, 0.6) is 0 Å². The summed E-state index contributed by atoms with van der Waals surface area (Å²) in [4.78, 5) is 1.71. The van der Waals surface area contributed by atoms with Gasteiger partial charge in [0.25, 0.3) is 0 Å². The SMILES string of the molecule is CN(C)C(=N)c1n[nH]nc1SCc1ccccc1. The molecule has 1 aromatic carbocycles. The van der Waals surface area contributed by atoms with E-state index in [0.29, 0.717) is 11.5 Å². The van der Waals surface area contributed by atoms with E-state index in [4.69, 9.17) is 5.41 Å². The zero-order chi connectivity index (χ0) is 13.0. The fourth-order valence-electron chi connectivity index (χ4n) is 1.41. The molecule has 0 aliphatic carbocycles. The predicted molar refractivity (Wildman–Crippen MR) is 72.9 cm³/mol. The molecule has 0 saturated carbocycles. The number of benzene rings is 1. The number of thioether (sulfide) groups is 1. The van der Waals surface area contributed by atoms with Crippen molar-refractivity contribution >= 4 is 17.6 Å². The molecule has 18 heavy (non-hydrogen) atoms. The third-order valence-electron chi connectivity index (χ3n) is 2.41. The Morgan fingerprint density at radius 2 is 2.00 bits per heavy atom. The highest BCUT2D eigenvalue weighted by Crippen LogP contribution is 2.23. The molecule has 94 valence electrons. The molecule has 5 nitrogen and oxygen atoms in total. The van der Waals surface area contributed by atoms with Crippen molar-refractivity contribution < 1.29 is 0 Å². The Labute approximate surface area is 110 Å². The second kappa shape index (κ2) is 5.68. The molecule has 2 N–H and O–H groups in total. The van der Waals surface area contributed by atoms with Crippen LogP contribution in [0.15, 0.2) is 35.4 Å². The summed E-state index contributed by atoms with van der Waals surface area (Å²) in [7, 11) is 3.64. The van der Waals surface area contributed by atoms with Crippen LogP contribution in [-0.2, 0) is 5.75 Å². The first kappa shape index (κ1) is 12.6. The minimum absolute atomic E-state index is 0.360.